The highest BCUT2D eigenvalue weighted by atomic mass is 16.6. The zero-order chi connectivity index (χ0) is 61.9. The number of fused-ring (bicyclic) bond motifs is 3. The molecule has 3 aliphatic heterocycles. The second-order valence-corrected chi connectivity index (χ2v) is 22.6. The number of hydrogen-bond donors (Lipinski definition) is 5. The normalized spacial score (nSPS) is 17.3. The number of benzene rings is 4. The minimum Gasteiger partial charge on any atom is -0.457 e. The first-order valence-electron chi connectivity index (χ1n) is 30.9. The van der Waals surface area contributed by atoms with Crippen molar-refractivity contribution in [1.29, 1.82) is 0 Å². The summed E-state index contributed by atoms with van der Waals surface area (Å²) >= 11 is 0. The third kappa shape index (κ3) is 20.3. The number of aromatic nitrogens is 1. The zero-order valence-electron chi connectivity index (χ0n) is 50.9. The Bertz CT molecular complexity index is 2980. The molecule has 480 valence electrons. The van der Waals surface area contributed by atoms with Gasteiger partial charge in [-0.2, -0.15) is 0 Å². The van der Waals surface area contributed by atoms with E-state index in [1.54, 1.807) is 24.3 Å². The highest BCUT2D eigenvalue weighted by Gasteiger charge is 2.46. The van der Waals surface area contributed by atoms with Crippen LogP contribution in [-0.4, -0.2) is 206 Å². The lowest BCUT2D eigenvalue weighted by Gasteiger charge is -2.46. The molecule has 3 aliphatic rings. The molecular formula is C64H88N8O16. The van der Waals surface area contributed by atoms with Crippen LogP contribution in [0.25, 0.3) is 10.9 Å². The Hall–Kier alpha value is -6.84. The number of aryl methyl sites for hydroxylation is 1. The minimum absolute atomic E-state index is 0.0434. The van der Waals surface area contributed by atoms with Crippen molar-refractivity contribution < 1.29 is 67.2 Å². The molecule has 5 N–H and O–H groups in total. The Labute approximate surface area is 514 Å². The van der Waals surface area contributed by atoms with Crippen molar-refractivity contribution in [2.75, 3.05) is 169 Å². The van der Waals surface area contributed by atoms with E-state index in [2.05, 4.69) is 57.9 Å². The van der Waals surface area contributed by atoms with Crippen molar-refractivity contribution in [3.8, 4) is 11.5 Å². The first-order chi connectivity index (χ1) is 42.9. The molecule has 2 amide bonds. The number of carbonyl (C=O) groups excluding carboxylic acids is 2. The van der Waals surface area contributed by atoms with E-state index >= 15 is 0 Å². The van der Waals surface area contributed by atoms with Crippen LogP contribution in [0.3, 0.4) is 0 Å². The number of aliphatic hydroxyl groups excluding tert-OH is 1. The van der Waals surface area contributed by atoms with Crippen LogP contribution in [0.5, 0.6) is 11.5 Å². The van der Waals surface area contributed by atoms with Crippen LogP contribution >= 0.6 is 0 Å². The number of nitro groups is 2. The van der Waals surface area contributed by atoms with E-state index in [1.165, 1.54) is 28.9 Å². The number of anilines is 2. The van der Waals surface area contributed by atoms with Crippen LogP contribution in [0.15, 0.2) is 84.9 Å². The third-order valence-corrected chi connectivity index (χ3v) is 16.4. The summed E-state index contributed by atoms with van der Waals surface area (Å²) in [7, 11) is 0. The van der Waals surface area contributed by atoms with Gasteiger partial charge in [0.25, 0.3) is 23.2 Å². The number of hydrogen-bond acceptors (Lipinski definition) is 19. The van der Waals surface area contributed by atoms with Crippen LogP contribution in [0.4, 0.5) is 22.7 Å². The minimum atomic E-state index is -0.681. The number of β-amino-alcohol motifs (C(OH)–C–C–N with tert-alkyl or cyclic N) is 1. The molecule has 0 bridgehead atoms. The molecule has 5 aromatic rings. The van der Waals surface area contributed by atoms with Crippen molar-refractivity contribution in [1.82, 2.24) is 20.1 Å². The molecule has 4 heterocycles. The average molecular weight is 1230 g/mol. The zero-order valence-corrected chi connectivity index (χ0v) is 50.9. The standard InChI is InChI=1S/C64H88N8O16/c1-47-6-14-55-58(40-47)67-46-64(55)18-23-69(44-48(64)2)45-61(73)49-16-21-70(22-17-49)63(75)59-41-51-9-13-54(43-57(51)68-59)88-53-11-7-50(8-12-53)62(74)66-20-27-83-31-35-84-32-28-80-24-4-3-5-25-81-29-33-85-36-38-87-39-37-86-34-30-82-26-19-65-56-15-10-52(71(76)77)42-60(56)72(78)79/h6-15,40-43,48-49,61,65,67-68,73H,3-5,16-39,44-46H2,1-2H3,(H,66,74)/t48-,61-,64+/m1/s1. The number of nitrogens with zero attached hydrogens (tertiary/aromatic N) is 4. The maximum atomic E-state index is 13.7. The molecular weight excluding hydrogens is 1140 g/mol. The lowest BCUT2D eigenvalue weighted by Crippen LogP contribution is -2.52. The number of amides is 2. The van der Waals surface area contributed by atoms with Gasteiger partial charge in [-0.3, -0.25) is 29.8 Å². The van der Waals surface area contributed by atoms with Crippen molar-refractivity contribution in [2.24, 2.45) is 11.8 Å². The summed E-state index contributed by atoms with van der Waals surface area (Å²) in [6.45, 7) is 17.0. The number of ether oxygens (including phenoxy) is 9. The number of piperidine rings is 2. The fourth-order valence-corrected chi connectivity index (χ4v) is 11.5. The van der Waals surface area contributed by atoms with Crippen molar-refractivity contribution in [3.05, 3.63) is 128 Å². The fourth-order valence-electron chi connectivity index (χ4n) is 11.5. The van der Waals surface area contributed by atoms with Gasteiger partial charge in [0.1, 0.15) is 22.9 Å². The molecule has 8 rings (SSSR count). The second-order valence-electron chi connectivity index (χ2n) is 22.6. The molecule has 1 spiro atoms. The molecule has 4 aromatic carbocycles. The maximum absolute atomic E-state index is 13.7. The lowest BCUT2D eigenvalue weighted by atomic mass is 9.67. The van der Waals surface area contributed by atoms with Gasteiger partial charge in [0.15, 0.2) is 0 Å². The van der Waals surface area contributed by atoms with Gasteiger partial charge in [0.05, 0.1) is 115 Å². The fraction of sp³-hybridized carbons (Fsp3) is 0.562. The predicted octanol–water partition coefficient (Wildman–Crippen LogP) is 8.15. The van der Waals surface area contributed by atoms with E-state index in [0.29, 0.717) is 154 Å². The average Bonchev–Trinajstić information content (AvgIpc) is 1.70. The van der Waals surface area contributed by atoms with Crippen LogP contribution < -0.4 is 20.7 Å². The lowest BCUT2D eigenvalue weighted by molar-refractivity contribution is -0.393. The number of unbranched alkanes of at least 4 members (excludes halogenated alkanes) is 2. The maximum Gasteiger partial charge on any atom is 0.299 e. The van der Waals surface area contributed by atoms with E-state index in [1.807, 2.05) is 29.2 Å². The number of nitrogens with one attached hydrogen (secondary N) is 4. The molecule has 0 radical (unpaired) electrons. The van der Waals surface area contributed by atoms with E-state index in [0.717, 1.165) is 75.1 Å². The summed E-state index contributed by atoms with van der Waals surface area (Å²) in [6, 6.07) is 24.7. The first-order valence-corrected chi connectivity index (χ1v) is 30.9. The number of nitro benzene ring substituents is 2. The predicted molar refractivity (Wildman–Crippen MR) is 332 cm³/mol. The van der Waals surface area contributed by atoms with Crippen LogP contribution in [0.2, 0.25) is 0 Å². The van der Waals surface area contributed by atoms with E-state index in [4.69, 9.17) is 42.6 Å². The van der Waals surface area contributed by atoms with Gasteiger partial charge in [-0.05, 0) is 130 Å². The summed E-state index contributed by atoms with van der Waals surface area (Å²) in [5, 5.41) is 43.8. The SMILES string of the molecule is Cc1ccc2c(c1)NC[C@]21CCN(C[C@@H](O)C2CCN(C(=O)c3cc4ccc(Oc5ccc(C(=O)NCCOCCOCCOCCCCCOCCOCCOCCOCCOCCNc6ccc([N+](=O)[O-])cc6[N+](=O)[O-])cc5)cc4[nH]3)CC2)C[C@H]1C. The van der Waals surface area contributed by atoms with E-state index < -0.39 is 16.0 Å². The highest BCUT2D eigenvalue weighted by Crippen LogP contribution is 2.47. The van der Waals surface area contributed by atoms with Crippen LogP contribution in [0.1, 0.15) is 77.4 Å². The third-order valence-electron chi connectivity index (χ3n) is 16.4. The number of aromatic amines is 1. The van der Waals surface area contributed by atoms with Crippen molar-refractivity contribution in [2.45, 2.75) is 63.9 Å². The van der Waals surface area contributed by atoms with Gasteiger partial charge in [-0.15, -0.1) is 0 Å². The van der Waals surface area contributed by atoms with Crippen LogP contribution in [-0.2, 0) is 43.3 Å². The van der Waals surface area contributed by atoms with Gasteiger partial charge in [-0.1, -0.05) is 19.1 Å². The molecule has 24 heteroatoms. The van der Waals surface area contributed by atoms with Gasteiger partial charge < -0.3 is 78.5 Å². The molecule has 3 atom stereocenters. The Morgan fingerprint density at radius 2 is 1.28 bits per heavy atom. The number of rotatable bonds is 40. The summed E-state index contributed by atoms with van der Waals surface area (Å²) in [5.41, 5.74) is 5.42. The molecule has 24 nitrogen and oxygen atoms in total. The number of aliphatic hydroxyl groups is 1. The number of H-pyrrole nitrogens is 1. The molecule has 88 heavy (non-hydrogen) atoms. The molecule has 0 aliphatic carbocycles. The monoisotopic (exact) mass is 1220 g/mol. The Kier molecular flexibility index (Phi) is 27.0. The van der Waals surface area contributed by atoms with Gasteiger partial charge in [0.2, 0.25) is 0 Å². The largest absolute Gasteiger partial charge is 0.457 e. The summed E-state index contributed by atoms with van der Waals surface area (Å²) in [5.74, 6) is 1.54. The Morgan fingerprint density at radius 1 is 0.682 bits per heavy atom. The van der Waals surface area contributed by atoms with Crippen molar-refractivity contribution >= 4 is 45.5 Å². The molecule has 2 saturated heterocycles. The first kappa shape index (κ1) is 67.1. The quantitative estimate of drug-likeness (QED) is 0.0140. The van der Waals surface area contributed by atoms with E-state index in [9.17, 15) is 34.9 Å². The number of non-ortho nitro benzene ring substituents is 1. The number of likely N-dealkylation sites (tertiary alicyclic amines) is 2. The summed E-state index contributed by atoms with van der Waals surface area (Å²) in [4.78, 5) is 54.9. The second kappa shape index (κ2) is 35.4. The number of carbonyl (C=O) groups is 2. The smallest absolute Gasteiger partial charge is 0.299 e. The highest BCUT2D eigenvalue weighted by molar-refractivity contribution is 5.98. The summed E-state index contributed by atoms with van der Waals surface area (Å²) in [6.07, 6.45) is 5.05. The van der Waals surface area contributed by atoms with Crippen molar-refractivity contribution in [3.63, 3.8) is 0 Å². The summed E-state index contributed by atoms with van der Waals surface area (Å²) < 4.78 is 50.6. The Balaban J connectivity index is 0.560. The van der Waals surface area contributed by atoms with E-state index in [-0.39, 0.29) is 53.4 Å². The molecule has 0 saturated carbocycles. The van der Waals surface area contributed by atoms with Gasteiger partial charge in [-0.25, -0.2) is 0 Å². The van der Waals surface area contributed by atoms with Crippen LogP contribution in [0, 0.1) is 39.0 Å². The molecule has 1 aromatic heterocycles. The Morgan fingerprint density at radius 3 is 1.90 bits per heavy atom. The van der Waals surface area contributed by atoms with Gasteiger partial charge in [0, 0.05) is 98.7 Å². The topological polar surface area (TPSA) is 282 Å². The molecule has 0 unspecified atom stereocenters. The van der Waals surface area contributed by atoms with Gasteiger partial charge >= 0.3 is 0 Å². The molecule has 2 fully saturated rings.